The van der Waals surface area contributed by atoms with Crippen LogP contribution in [0.5, 0.6) is 5.75 Å². The molecule has 0 fully saturated rings. The Balaban J connectivity index is 1.31. The summed E-state index contributed by atoms with van der Waals surface area (Å²) in [7, 11) is 0. The first-order chi connectivity index (χ1) is 12.8. The van der Waals surface area contributed by atoms with Crippen LogP contribution in [0.3, 0.4) is 0 Å². The fourth-order valence-corrected chi connectivity index (χ4v) is 4.89. The van der Waals surface area contributed by atoms with E-state index in [1.165, 1.54) is 5.56 Å². The summed E-state index contributed by atoms with van der Waals surface area (Å²) in [6.07, 6.45) is 0.983. The Morgan fingerprint density at radius 3 is 3.04 bits per heavy atom. The minimum Gasteiger partial charge on any atom is -0.494 e. The van der Waals surface area contributed by atoms with Gasteiger partial charge in [-0.15, -0.1) is 11.3 Å². The molecular formula is C19H17IN2O2S2. The van der Waals surface area contributed by atoms with Crippen molar-refractivity contribution >= 4 is 55.8 Å². The molecule has 0 unspecified atom stereocenters. The predicted octanol–water partition coefficient (Wildman–Crippen LogP) is 6.24. The van der Waals surface area contributed by atoms with Gasteiger partial charge in [0.1, 0.15) is 16.1 Å². The van der Waals surface area contributed by atoms with Crippen LogP contribution in [0.2, 0.25) is 0 Å². The van der Waals surface area contributed by atoms with Crippen LogP contribution in [0.1, 0.15) is 12.0 Å². The van der Waals surface area contributed by atoms with Gasteiger partial charge >= 0.3 is 0 Å². The van der Waals surface area contributed by atoms with Gasteiger partial charge in [-0.2, -0.15) is 11.3 Å². The molecule has 0 aliphatic heterocycles. The number of thiophene rings is 2. The molecule has 0 N–H and O–H groups in total. The van der Waals surface area contributed by atoms with Gasteiger partial charge in [0.2, 0.25) is 0 Å². The number of hydrogen-bond acceptors (Lipinski definition) is 6. The summed E-state index contributed by atoms with van der Waals surface area (Å²) in [5.41, 5.74) is 4.11. The Hall–Kier alpha value is -1.42. The van der Waals surface area contributed by atoms with E-state index in [2.05, 4.69) is 48.0 Å². The number of aromatic nitrogens is 1. The summed E-state index contributed by atoms with van der Waals surface area (Å²) >= 11 is 5.77. The monoisotopic (exact) mass is 496 g/mol. The molecule has 0 aliphatic rings. The summed E-state index contributed by atoms with van der Waals surface area (Å²) < 4.78 is 14.7. The molecule has 0 saturated heterocycles. The van der Waals surface area contributed by atoms with Crippen LogP contribution in [0.4, 0.5) is 0 Å². The molecule has 4 rings (SSSR count). The summed E-state index contributed by atoms with van der Waals surface area (Å²) in [4.78, 5) is 0. The van der Waals surface area contributed by atoms with E-state index in [9.17, 15) is 0 Å². The molecule has 0 radical (unpaired) electrons. The average Bonchev–Trinajstić information content (AvgIpc) is 3.37. The molecule has 0 aliphatic carbocycles. The van der Waals surface area contributed by atoms with Gasteiger partial charge in [0.25, 0.3) is 0 Å². The summed E-state index contributed by atoms with van der Waals surface area (Å²) in [5.74, 6) is 0.869. The minimum atomic E-state index is 0.694. The van der Waals surface area contributed by atoms with Crippen molar-refractivity contribution in [2.75, 3.05) is 13.2 Å². The Kier molecular flexibility index (Phi) is 5.88. The zero-order valence-corrected chi connectivity index (χ0v) is 17.7. The summed E-state index contributed by atoms with van der Waals surface area (Å²) in [6.45, 7) is 2.66. The molecule has 0 bridgehead atoms. The first-order valence-electron chi connectivity index (χ1n) is 8.27. The third-order valence-corrected chi connectivity index (χ3v) is 6.39. The molecule has 26 heavy (non-hydrogen) atoms. The highest BCUT2D eigenvalue weighted by Gasteiger charge is 2.12. The van der Waals surface area contributed by atoms with Crippen LogP contribution in [-0.4, -0.2) is 21.4 Å². The topological polar surface area (TPSA) is 38.5 Å². The molecule has 0 saturated carbocycles. The van der Waals surface area contributed by atoms with Gasteiger partial charge in [0, 0.05) is 41.5 Å². The van der Waals surface area contributed by atoms with E-state index < -0.39 is 0 Å². The van der Waals surface area contributed by atoms with Crippen LogP contribution < -0.4 is 4.74 Å². The normalized spacial score (nSPS) is 11.5. The maximum absolute atomic E-state index is 5.94. The number of halogens is 1. The number of nitrogens with zero attached hydrogens (tertiary/aromatic N) is 2. The van der Waals surface area contributed by atoms with Crippen molar-refractivity contribution in [3.8, 4) is 17.0 Å². The number of rotatable bonds is 8. The van der Waals surface area contributed by atoms with E-state index in [1.54, 1.807) is 22.7 Å². The van der Waals surface area contributed by atoms with Crippen molar-refractivity contribution in [3.05, 3.63) is 58.1 Å². The first kappa shape index (κ1) is 18.0. The molecule has 4 aromatic rings. The smallest absolute Gasteiger partial charge is 0.178 e. The van der Waals surface area contributed by atoms with Gasteiger partial charge in [-0.25, -0.2) is 3.11 Å². The standard InChI is InChI=1S/C19H17IN2O2S2/c20-22(12-14-5-9-25-13-14)7-2-8-23-16-4-1-3-15(11-16)18-19-17(24-21-18)6-10-26-19/h1,3-6,9-11,13H,2,7-8,12H2. The first-order valence-corrected chi connectivity index (χ1v) is 11.1. The second-order valence-electron chi connectivity index (χ2n) is 5.85. The zero-order chi connectivity index (χ0) is 17.8. The van der Waals surface area contributed by atoms with Gasteiger partial charge in [-0.3, -0.25) is 0 Å². The van der Waals surface area contributed by atoms with Crippen LogP contribution in [0.15, 0.2) is 57.1 Å². The number of hydrogen-bond donors (Lipinski definition) is 0. The van der Waals surface area contributed by atoms with Crippen LogP contribution in [0.25, 0.3) is 21.5 Å². The maximum atomic E-state index is 5.94. The minimum absolute atomic E-state index is 0.694. The Morgan fingerprint density at radius 1 is 1.19 bits per heavy atom. The lowest BCUT2D eigenvalue weighted by Gasteiger charge is -2.14. The fraction of sp³-hybridized carbons (Fsp3) is 0.211. The molecule has 134 valence electrons. The summed E-state index contributed by atoms with van der Waals surface area (Å²) in [5, 5.41) is 10.5. The molecule has 4 nitrogen and oxygen atoms in total. The Labute approximate surface area is 173 Å². The zero-order valence-electron chi connectivity index (χ0n) is 13.9. The third kappa shape index (κ3) is 4.28. The van der Waals surface area contributed by atoms with E-state index in [1.807, 2.05) is 35.7 Å². The molecule has 3 heterocycles. The lowest BCUT2D eigenvalue weighted by Crippen LogP contribution is -2.14. The maximum Gasteiger partial charge on any atom is 0.178 e. The number of benzene rings is 1. The van der Waals surface area contributed by atoms with E-state index in [4.69, 9.17) is 9.26 Å². The molecule has 1 aromatic carbocycles. The van der Waals surface area contributed by atoms with Crippen molar-refractivity contribution < 1.29 is 9.26 Å². The van der Waals surface area contributed by atoms with Crippen molar-refractivity contribution in [1.29, 1.82) is 0 Å². The van der Waals surface area contributed by atoms with Crippen LogP contribution >= 0.6 is 45.5 Å². The van der Waals surface area contributed by atoms with Crippen molar-refractivity contribution in [3.63, 3.8) is 0 Å². The van der Waals surface area contributed by atoms with Crippen molar-refractivity contribution in [2.45, 2.75) is 13.0 Å². The average molecular weight is 496 g/mol. The second-order valence-corrected chi connectivity index (χ2v) is 8.91. The molecule has 0 atom stereocenters. The lowest BCUT2D eigenvalue weighted by atomic mass is 10.1. The SMILES string of the molecule is IN(CCCOc1cccc(-c2noc3ccsc23)c1)Cc1ccsc1. The number of ether oxygens (including phenoxy) is 1. The van der Waals surface area contributed by atoms with Crippen LogP contribution in [0, 0.1) is 0 Å². The highest BCUT2D eigenvalue weighted by molar-refractivity contribution is 14.1. The largest absolute Gasteiger partial charge is 0.494 e. The van der Waals surface area contributed by atoms with E-state index in [-0.39, 0.29) is 0 Å². The third-order valence-electron chi connectivity index (χ3n) is 3.93. The van der Waals surface area contributed by atoms with Gasteiger partial charge < -0.3 is 9.26 Å². The van der Waals surface area contributed by atoms with Gasteiger partial charge in [-0.05, 0) is 52.4 Å². The molecule has 7 heteroatoms. The second kappa shape index (κ2) is 8.51. The molecule has 0 spiro atoms. The van der Waals surface area contributed by atoms with E-state index in [0.29, 0.717) is 6.61 Å². The van der Waals surface area contributed by atoms with Gasteiger partial charge in [-0.1, -0.05) is 17.3 Å². The predicted molar refractivity (Wildman–Crippen MR) is 116 cm³/mol. The highest BCUT2D eigenvalue weighted by atomic mass is 127. The molecular weight excluding hydrogens is 479 g/mol. The lowest BCUT2D eigenvalue weighted by molar-refractivity contribution is 0.297. The van der Waals surface area contributed by atoms with E-state index >= 15 is 0 Å². The number of fused-ring (bicyclic) bond motifs is 1. The van der Waals surface area contributed by atoms with Gasteiger partial charge in [0.15, 0.2) is 5.58 Å². The Bertz CT molecular complexity index is 965. The molecule has 0 amide bonds. The summed E-state index contributed by atoms with van der Waals surface area (Å²) in [6, 6.07) is 12.2. The highest BCUT2D eigenvalue weighted by Crippen LogP contribution is 2.33. The quantitative estimate of drug-likeness (QED) is 0.165. The van der Waals surface area contributed by atoms with Crippen molar-refractivity contribution in [2.24, 2.45) is 0 Å². The van der Waals surface area contributed by atoms with Gasteiger partial charge in [0.05, 0.1) is 6.61 Å². The van der Waals surface area contributed by atoms with Crippen molar-refractivity contribution in [1.82, 2.24) is 8.27 Å². The van der Waals surface area contributed by atoms with Crippen LogP contribution in [-0.2, 0) is 6.54 Å². The Morgan fingerprint density at radius 2 is 2.15 bits per heavy atom. The van der Waals surface area contributed by atoms with E-state index in [0.717, 1.165) is 46.8 Å². The fourth-order valence-electron chi connectivity index (χ4n) is 2.68. The molecule has 3 aromatic heterocycles.